The van der Waals surface area contributed by atoms with Crippen LogP contribution in [0.15, 0.2) is 24.5 Å². The van der Waals surface area contributed by atoms with E-state index in [1.165, 1.54) is 12.3 Å². The van der Waals surface area contributed by atoms with E-state index in [2.05, 4.69) is 10.1 Å². The highest BCUT2D eigenvalue weighted by molar-refractivity contribution is 6.30. The molecule has 5 nitrogen and oxygen atoms in total. The van der Waals surface area contributed by atoms with Gasteiger partial charge in [-0.25, -0.2) is 9.37 Å². The number of hydrogen-bond donors (Lipinski definition) is 1. The molecule has 1 unspecified atom stereocenters. The largest absolute Gasteiger partial charge is 0.410 e. The number of halogens is 2. The maximum atomic E-state index is 13.3. The minimum absolute atomic E-state index is 0.0988. The number of rotatable bonds is 2. The van der Waals surface area contributed by atoms with E-state index < -0.39 is 5.82 Å². The SMILES string of the molecule is On1nccc1N1CCCC1c1cc(F)cnc1Cl. The van der Waals surface area contributed by atoms with E-state index in [0.29, 0.717) is 16.5 Å². The molecule has 0 saturated carbocycles. The number of nitrogens with zero attached hydrogens (tertiary/aromatic N) is 4. The number of hydrogen-bond acceptors (Lipinski definition) is 4. The predicted octanol–water partition coefficient (Wildman–Crippen LogP) is 2.65. The fourth-order valence-corrected chi connectivity index (χ4v) is 2.77. The molecule has 1 aliphatic heterocycles. The summed E-state index contributed by atoms with van der Waals surface area (Å²) in [5.41, 5.74) is 0.639. The van der Waals surface area contributed by atoms with Gasteiger partial charge in [0.25, 0.3) is 0 Å². The van der Waals surface area contributed by atoms with E-state index in [9.17, 15) is 9.60 Å². The molecular weight excluding hydrogens is 271 g/mol. The molecule has 2 aromatic rings. The monoisotopic (exact) mass is 282 g/mol. The molecule has 1 fully saturated rings. The fraction of sp³-hybridized carbons (Fsp3) is 0.333. The molecule has 0 aliphatic carbocycles. The van der Waals surface area contributed by atoms with Gasteiger partial charge in [0, 0.05) is 18.2 Å². The summed E-state index contributed by atoms with van der Waals surface area (Å²) in [5, 5.41) is 13.7. The molecule has 2 aromatic heterocycles. The van der Waals surface area contributed by atoms with Crippen LogP contribution in [0.2, 0.25) is 5.15 Å². The zero-order valence-corrected chi connectivity index (χ0v) is 10.8. The summed E-state index contributed by atoms with van der Waals surface area (Å²) in [6, 6.07) is 3.01. The Balaban J connectivity index is 2.00. The zero-order valence-electron chi connectivity index (χ0n) is 10.0. The molecule has 1 aliphatic rings. The topological polar surface area (TPSA) is 54.2 Å². The van der Waals surface area contributed by atoms with E-state index in [1.807, 2.05) is 4.90 Å². The summed E-state index contributed by atoms with van der Waals surface area (Å²) >= 11 is 6.05. The Kier molecular flexibility index (Phi) is 3.02. The van der Waals surface area contributed by atoms with Crippen molar-refractivity contribution in [1.29, 1.82) is 0 Å². The number of pyridine rings is 1. The molecule has 0 bridgehead atoms. The van der Waals surface area contributed by atoms with Crippen LogP contribution >= 0.6 is 11.6 Å². The summed E-state index contributed by atoms with van der Waals surface area (Å²) < 4.78 is 13.3. The fourth-order valence-electron chi connectivity index (χ4n) is 2.54. The van der Waals surface area contributed by atoms with E-state index >= 15 is 0 Å². The molecule has 19 heavy (non-hydrogen) atoms. The maximum absolute atomic E-state index is 13.3. The highest BCUT2D eigenvalue weighted by Crippen LogP contribution is 2.38. The molecule has 0 radical (unpaired) electrons. The molecule has 100 valence electrons. The van der Waals surface area contributed by atoms with Crippen molar-refractivity contribution in [3.63, 3.8) is 0 Å². The average molecular weight is 283 g/mol. The first-order chi connectivity index (χ1) is 9.16. The molecular formula is C12H12ClFN4O. The van der Waals surface area contributed by atoms with Gasteiger partial charge in [-0.05, 0) is 18.9 Å². The van der Waals surface area contributed by atoms with Crippen molar-refractivity contribution in [2.75, 3.05) is 11.4 Å². The third-order valence-electron chi connectivity index (χ3n) is 3.34. The predicted molar refractivity (Wildman–Crippen MR) is 67.9 cm³/mol. The molecule has 0 amide bonds. The standard InChI is InChI=1S/C12H12ClFN4O/c13-12-9(6-8(14)7-15-12)10-2-1-5-17(10)11-3-4-16-18(11)19/h3-4,6-7,10,19H,1-2,5H2. The second-order valence-corrected chi connectivity index (χ2v) is 4.82. The van der Waals surface area contributed by atoms with Gasteiger partial charge < -0.3 is 10.1 Å². The van der Waals surface area contributed by atoms with Crippen molar-refractivity contribution >= 4 is 17.4 Å². The van der Waals surface area contributed by atoms with Crippen LogP contribution in [0.1, 0.15) is 24.4 Å². The Morgan fingerprint density at radius 1 is 1.47 bits per heavy atom. The Labute approximate surface area is 114 Å². The van der Waals surface area contributed by atoms with Crippen LogP contribution in [0.5, 0.6) is 0 Å². The van der Waals surface area contributed by atoms with Crippen LogP contribution in [0.4, 0.5) is 10.2 Å². The Hall–Kier alpha value is -1.82. The van der Waals surface area contributed by atoms with Crippen molar-refractivity contribution in [2.24, 2.45) is 0 Å². The lowest BCUT2D eigenvalue weighted by molar-refractivity contribution is 0.151. The Morgan fingerprint density at radius 3 is 3.05 bits per heavy atom. The highest BCUT2D eigenvalue weighted by atomic mass is 35.5. The lowest BCUT2D eigenvalue weighted by Gasteiger charge is -2.26. The van der Waals surface area contributed by atoms with Gasteiger partial charge >= 0.3 is 0 Å². The summed E-state index contributed by atoms with van der Waals surface area (Å²) in [4.78, 5) is 6.61. The van der Waals surface area contributed by atoms with Gasteiger partial charge in [0.2, 0.25) is 0 Å². The zero-order chi connectivity index (χ0) is 13.4. The summed E-state index contributed by atoms with van der Waals surface area (Å²) in [5.74, 6) is 0.159. The minimum atomic E-state index is -0.413. The van der Waals surface area contributed by atoms with Crippen LogP contribution in [0.25, 0.3) is 0 Å². The summed E-state index contributed by atoms with van der Waals surface area (Å²) in [6.07, 6.45) is 4.37. The first-order valence-electron chi connectivity index (χ1n) is 5.97. The van der Waals surface area contributed by atoms with Gasteiger partial charge in [-0.1, -0.05) is 16.4 Å². The Morgan fingerprint density at radius 2 is 2.32 bits per heavy atom. The van der Waals surface area contributed by atoms with E-state index in [4.69, 9.17) is 11.6 Å². The number of aromatic nitrogens is 3. The lowest BCUT2D eigenvalue weighted by Crippen LogP contribution is -2.25. The summed E-state index contributed by atoms with van der Waals surface area (Å²) in [7, 11) is 0. The number of anilines is 1. The second-order valence-electron chi connectivity index (χ2n) is 4.46. The maximum Gasteiger partial charge on any atom is 0.168 e. The van der Waals surface area contributed by atoms with Crippen molar-refractivity contribution in [3.05, 3.63) is 41.1 Å². The van der Waals surface area contributed by atoms with Gasteiger partial charge in [-0.15, -0.1) is 5.10 Å². The summed E-state index contributed by atoms with van der Waals surface area (Å²) in [6.45, 7) is 0.754. The molecule has 3 rings (SSSR count). The molecule has 7 heteroatoms. The molecule has 0 spiro atoms. The van der Waals surface area contributed by atoms with Crippen LogP contribution in [0, 0.1) is 5.82 Å². The average Bonchev–Trinajstić information content (AvgIpc) is 3.00. The van der Waals surface area contributed by atoms with E-state index in [0.717, 1.165) is 30.4 Å². The molecule has 3 heterocycles. The van der Waals surface area contributed by atoms with Crippen LogP contribution in [-0.2, 0) is 0 Å². The normalized spacial score (nSPS) is 19.1. The molecule has 1 saturated heterocycles. The molecule has 1 atom stereocenters. The third-order valence-corrected chi connectivity index (χ3v) is 3.66. The third kappa shape index (κ3) is 2.12. The van der Waals surface area contributed by atoms with Crippen LogP contribution < -0.4 is 4.90 Å². The second kappa shape index (κ2) is 4.70. The van der Waals surface area contributed by atoms with E-state index in [-0.39, 0.29) is 6.04 Å². The Bertz CT molecular complexity index is 603. The van der Waals surface area contributed by atoms with Gasteiger partial charge in [-0.3, -0.25) is 0 Å². The van der Waals surface area contributed by atoms with Gasteiger partial charge in [0.1, 0.15) is 11.0 Å². The van der Waals surface area contributed by atoms with E-state index in [1.54, 1.807) is 6.07 Å². The van der Waals surface area contributed by atoms with Gasteiger partial charge in [0.05, 0.1) is 18.4 Å². The quantitative estimate of drug-likeness (QED) is 0.680. The molecule has 0 aromatic carbocycles. The smallest absolute Gasteiger partial charge is 0.168 e. The first-order valence-corrected chi connectivity index (χ1v) is 6.35. The van der Waals surface area contributed by atoms with Crippen molar-refractivity contribution in [1.82, 2.24) is 14.9 Å². The lowest BCUT2D eigenvalue weighted by atomic mass is 10.1. The first kappa shape index (κ1) is 12.2. The van der Waals surface area contributed by atoms with Gasteiger partial charge in [-0.2, -0.15) is 0 Å². The van der Waals surface area contributed by atoms with Crippen LogP contribution in [0.3, 0.4) is 0 Å². The molecule has 1 N–H and O–H groups in total. The minimum Gasteiger partial charge on any atom is -0.410 e. The van der Waals surface area contributed by atoms with Crippen molar-refractivity contribution in [3.8, 4) is 0 Å². The highest BCUT2D eigenvalue weighted by Gasteiger charge is 2.30. The van der Waals surface area contributed by atoms with Gasteiger partial charge in [0.15, 0.2) is 5.82 Å². The van der Waals surface area contributed by atoms with Crippen molar-refractivity contribution < 1.29 is 9.60 Å². The van der Waals surface area contributed by atoms with Crippen LogP contribution in [-0.4, -0.2) is 26.7 Å². The van der Waals surface area contributed by atoms with Crippen molar-refractivity contribution in [2.45, 2.75) is 18.9 Å².